The highest BCUT2D eigenvalue weighted by molar-refractivity contribution is 7.89. The van der Waals surface area contributed by atoms with Gasteiger partial charge in [-0.3, -0.25) is 4.79 Å². The number of carboxylic acid groups (broad SMARTS) is 1. The molecule has 1 fully saturated rings. The molecule has 1 unspecified atom stereocenters. The molecule has 2 rings (SSSR count). The number of benzene rings is 1. The molecule has 1 aromatic rings. The number of hydrogen-bond acceptors (Lipinski definition) is 3. The molecule has 0 saturated carbocycles. The fourth-order valence-electron chi connectivity index (χ4n) is 2.68. The van der Waals surface area contributed by atoms with E-state index in [1.54, 1.807) is 0 Å². The summed E-state index contributed by atoms with van der Waals surface area (Å²) in [4.78, 5) is 11.0. The molecule has 1 aliphatic heterocycles. The first kappa shape index (κ1) is 17.7. The fraction of sp³-hybridized carbons (Fsp3) is 0.500. The van der Waals surface area contributed by atoms with Crippen LogP contribution in [0.2, 0.25) is 0 Å². The molecule has 23 heavy (non-hydrogen) atoms. The molecule has 1 aliphatic rings. The molecular formula is C14H16F3NO4S. The average molecular weight is 351 g/mol. The second-order valence-corrected chi connectivity index (χ2v) is 7.30. The first-order chi connectivity index (χ1) is 10.5. The van der Waals surface area contributed by atoms with Gasteiger partial charge < -0.3 is 5.11 Å². The Kier molecular flexibility index (Phi) is 4.72. The van der Waals surface area contributed by atoms with Gasteiger partial charge >= 0.3 is 12.1 Å². The van der Waals surface area contributed by atoms with Crippen LogP contribution in [0.4, 0.5) is 13.2 Å². The van der Waals surface area contributed by atoms with Gasteiger partial charge in [0.1, 0.15) is 6.04 Å². The van der Waals surface area contributed by atoms with Crippen LogP contribution in [0.1, 0.15) is 30.4 Å². The van der Waals surface area contributed by atoms with Crippen molar-refractivity contribution in [2.45, 2.75) is 43.3 Å². The summed E-state index contributed by atoms with van der Waals surface area (Å²) in [6, 6.07) is 1.16. The maximum absolute atomic E-state index is 12.7. The minimum absolute atomic E-state index is 0.0414. The Morgan fingerprint density at radius 2 is 1.96 bits per heavy atom. The highest BCUT2D eigenvalue weighted by atomic mass is 32.2. The van der Waals surface area contributed by atoms with Crippen LogP contribution in [0.5, 0.6) is 0 Å². The third-order valence-electron chi connectivity index (χ3n) is 3.83. The number of carbonyl (C=O) groups is 1. The highest BCUT2D eigenvalue weighted by Gasteiger charge is 2.39. The Balaban J connectivity index is 2.45. The molecule has 128 valence electrons. The number of aryl methyl sites for hydroxylation is 1. The van der Waals surface area contributed by atoms with E-state index in [0.717, 1.165) is 16.4 Å². The van der Waals surface area contributed by atoms with Crippen molar-refractivity contribution in [3.05, 3.63) is 29.3 Å². The molecule has 0 bridgehead atoms. The molecular weight excluding hydrogens is 335 g/mol. The predicted molar refractivity (Wildman–Crippen MR) is 75.3 cm³/mol. The number of halogens is 3. The molecule has 1 heterocycles. The van der Waals surface area contributed by atoms with Gasteiger partial charge in [-0.25, -0.2) is 8.42 Å². The first-order valence-electron chi connectivity index (χ1n) is 6.97. The number of aliphatic carboxylic acids is 1. The average Bonchev–Trinajstić information content (AvgIpc) is 2.45. The lowest BCUT2D eigenvalue weighted by Gasteiger charge is -2.32. The van der Waals surface area contributed by atoms with Crippen LogP contribution in [0.25, 0.3) is 0 Å². The zero-order valence-corrected chi connectivity index (χ0v) is 13.1. The summed E-state index contributed by atoms with van der Waals surface area (Å²) in [7, 11) is -4.16. The molecule has 0 spiro atoms. The minimum atomic E-state index is -4.57. The van der Waals surface area contributed by atoms with E-state index in [4.69, 9.17) is 0 Å². The molecule has 1 saturated heterocycles. The molecule has 0 aliphatic carbocycles. The molecule has 1 aromatic carbocycles. The second kappa shape index (κ2) is 6.12. The molecule has 1 atom stereocenters. The zero-order valence-electron chi connectivity index (χ0n) is 12.3. The number of hydrogen-bond donors (Lipinski definition) is 1. The van der Waals surface area contributed by atoms with Gasteiger partial charge in [-0.2, -0.15) is 17.5 Å². The Hall–Kier alpha value is -1.61. The molecule has 9 heteroatoms. The van der Waals surface area contributed by atoms with E-state index in [2.05, 4.69) is 0 Å². The number of nitrogens with zero attached hydrogens (tertiary/aromatic N) is 1. The maximum atomic E-state index is 12.7. The van der Waals surface area contributed by atoms with Crippen LogP contribution in [0.15, 0.2) is 23.1 Å². The Bertz CT molecular complexity index is 715. The zero-order chi connectivity index (χ0) is 17.4. The van der Waals surface area contributed by atoms with Crippen LogP contribution >= 0.6 is 0 Å². The van der Waals surface area contributed by atoms with Crippen molar-refractivity contribution in [3.8, 4) is 0 Å². The van der Waals surface area contributed by atoms with E-state index in [1.165, 1.54) is 6.92 Å². The lowest BCUT2D eigenvalue weighted by atomic mass is 10.1. The van der Waals surface area contributed by atoms with Crippen LogP contribution < -0.4 is 0 Å². The summed E-state index contributed by atoms with van der Waals surface area (Å²) in [6.07, 6.45) is -3.27. The molecule has 0 amide bonds. The number of piperidine rings is 1. The summed E-state index contributed by atoms with van der Waals surface area (Å²) >= 11 is 0. The number of rotatable bonds is 3. The third kappa shape index (κ3) is 3.50. The van der Waals surface area contributed by atoms with E-state index in [1.807, 2.05) is 0 Å². The maximum Gasteiger partial charge on any atom is 0.416 e. The van der Waals surface area contributed by atoms with Crippen molar-refractivity contribution in [3.63, 3.8) is 0 Å². The van der Waals surface area contributed by atoms with Crippen LogP contribution in [0, 0.1) is 6.92 Å². The van der Waals surface area contributed by atoms with Crippen molar-refractivity contribution < 1.29 is 31.5 Å². The monoisotopic (exact) mass is 351 g/mol. The Morgan fingerprint density at radius 3 is 2.48 bits per heavy atom. The van der Waals surface area contributed by atoms with Gasteiger partial charge in [0, 0.05) is 6.54 Å². The van der Waals surface area contributed by atoms with Crippen molar-refractivity contribution in [1.29, 1.82) is 0 Å². The van der Waals surface area contributed by atoms with E-state index < -0.39 is 33.8 Å². The van der Waals surface area contributed by atoms with Gasteiger partial charge in [0.2, 0.25) is 10.0 Å². The highest BCUT2D eigenvalue weighted by Crippen LogP contribution is 2.33. The Labute approximate surface area is 131 Å². The quantitative estimate of drug-likeness (QED) is 0.908. The lowest BCUT2D eigenvalue weighted by Crippen LogP contribution is -2.47. The predicted octanol–water partition coefficient (Wildman–Crippen LogP) is 2.64. The molecule has 0 aromatic heterocycles. The largest absolute Gasteiger partial charge is 0.480 e. The SMILES string of the molecule is Cc1cc(C(F)(F)F)ccc1S(=O)(=O)N1CCCCC1C(=O)O. The van der Waals surface area contributed by atoms with Gasteiger partial charge in [-0.05, 0) is 49.9 Å². The van der Waals surface area contributed by atoms with Gasteiger partial charge in [0.25, 0.3) is 0 Å². The van der Waals surface area contributed by atoms with E-state index >= 15 is 0 Å². The van der Waals surface area contributed by atoms with Gasteiger partial charge in [0.05, 0.1) is 10.5 Å². The third-order valence-corrected chi connectivity index (χ3v) is 5.90. The van der Waals surface area contributed by atoms with E-state index in [9.17, 15) is 31.5 Å². The lowest BCUT2D eigenvalue weighted by molar-refractivity contribution is -0.142. The van der Waals surface area contributed by atoms with Crippen molar-refractivity contribution >= 4 is 16.0 Å². The van der Waals surface area contributed by atoms with Crippen molar-refractivity contribution in [2.24, 2.45) is 0 Å². The summed E-state index contributed by atoms with van der Waals surface area (Å²) in [6.45, 7) is 1.31. The van der Waals surface area contributed by atoms with Crippen LogP contribution in [0.3, 0.4) is 0 Å². The van der Waals surface area contributed by atoms with Gasteiger partial charge in [-0.1, -0.05) is 0 Å². The van der Waals surface area contributed by atoms with Gasteiger partial charge in [0.15, 0.2) is 0 Å². The topological polar surface area (TPSA) is 74.7 Å². The second-order valence-electron chi connectivity index (χ2n) is 5.44. The number of alkyl halides is 3. The minimum Gasteiger partial charge on any atom is -0.480 e. The molecule has 5 nitrogen and oxygen atoms in total. The Morgan fingerprint density at radius 1 is 1.30 bits per heavy atom. The van der Waals surface area contributed by atoms with E-state index in [-0.39, 0.29) is 23.4 Å². The summed E-state index contributed by atoms with van der Waals surface area (Å²) < 4.78 is 64.2. The standard InChI is InChI=1S/C14H16F3NO4S/c1-9-8-10(14(15,16)17)5-6-12(9)23(21,22)18-7-3-2-4-11(18)13(19)20/h5-6,8,11H,2-4,7H2,1H3,(H,19,20). The van der Waals surface area contributed by atoms with Gasteiger partial charge in [-0.15, -0.1) is 0 Å². The summed E-state index contributed by atoms with van der Waals surface area (Å²) in [5.41, 5.74) is -1.00. The molecule has 1 N–H and O–H groups in total. The molecule has 0 radical (unpaired) electrons. The smallest absolute Gasteiger partial charge is 0.416 e. The summed E-state index contributed by atoms with van der Waals surface area (Å²) in [5.74, 6) is -1.25. The number of sulfonamides is 1. The van der Waals surface area contributed by atoms with Crippen LogP contribution in [-0.2, 0) is 21.0 Å². The van der Waals surface area contributed by atoms with Crippen LogP contribution in [-0.4, -0.2) is 36.4 Å². The summed E-state index contributed by atoms with van der Waals surface area (Å²) in [5, 5.41) is 9.18. The fourth-order valence-corrected chi connectivity index (χ4v) is 4.54. The normalized spacial score (nSPS) is 20.4. The number of carboxylic acids is 1. The van der Waals surface area contributed by atoms with Crippen molar-refractivity contribution in [2.75, 3.05) is 6.54 Å². The van der Waals surface area contributed by atoms with E-state index in [0.29, 0.717) is 18.9 Å². The van der Waals surface area contributed by atoms with Crippen molar-refractivity contribution in [1.82, 2.24) is 4.31 Å². The first-order valence-corrected chi connectivity index (χ1v) is 8.41.